The highest BCUT2D eigenvalue weighted by atomic mass is 16.5. The number of pyridine rings is 1. The molecule has 1 aliphatic rings. The smallest absolute Gasteiger partial charge is 0.280 e. The van der Waals surface area contributed by atoms with Gasteiger partial charge < -0.3 is 14.8 Å². The Labute approximate surface area is 120 Å². The number of rotatable bonds is 3. The molecule has 1 saturated carbocycles. The number of hydrogen-bond donors (Lipinski definition) is 1. The molecule has 0 aliphatic heterocycles. The summed E-state index contributed by atoms with van der Waals surface area (Å²) in [5.74, 6) is 1.46. The van der Waals surface area contributed by atoms with Crippen LogP contribution in [0.15, 0.2) is 39.6 Å². The second-order valence-electron chi connectivity index (χ2n) is 5.25. The molecule has 0 aromatic carbocycles. The number of nitrogens with zero attached hydrogens (tertiary/aromatic N) is 4. The Bertz CT molecular complexity index is 761. The van der Waals surface area contributed by atoms with Gasteiger partial charge in [0.1, 0.15) is 0 Å². The molecule has 0 radical (unpaired) electrons. The number of nitrogens with two attached hydrogens (primary N) is 1. The van der Waals surface area contributed by atoms with Crippen LogP contribution < -0.4 is 5.73 Å². The summed E-state index contributed by atoms with van der Waals surface area (Å²) in [5.41, 5.74) is 7.06. The lowest BCUT2D eigenvalue weighted by Gasteiger charge is -2.34. The third-order valence-electron chi connectivity index (χ3n) is 3.79. The molecule has 3 heterocycles. The highest BCUT2D eigenvalue weighted by Gasteiger charge is 2.39. The molecule has 7 heteroatoms. The summed E-state index contributed by atoms with van der Waals surface area (Å²) in [7, 11) is 0. The van der Waals surface area contributed by atoms with Crippen LogP contribution in [0, 0.1) is 0 Å². The van der Waals surface area contributed by atoms with E-state index in [2.05, 4.69) is 20.3 Å². The second kappa shape index (κ2) is 4.49. The monoisotopic (exact) mass is 283 g/mol. The molecule has 4 rings (SSSR count). The third kappa shape index (κ3) is 2.02. The van der Waals surface area contributed by atoms with Crippen molar-refractivity contribution in [2.75, 3.05) is 0 Å². The van der Waals surface area contributed by atoms with Gasteiger partial charge in [0.25, 0.3) is 5.89 Å². The van der Waals surface area contributed by atoms with E-state index in [1.165, 1.54) is 0 Å². The van der Waals surface area contributed by atoms with Gasteiger partial charge in [-0.05, 0) is 31.4 Å². The molecule has 3 aromatic heterocycles. The van der Waals surface area contributed by atoms with Crippen molar-refractivity contribution in [3.63, 3.8) is 0 Å². The van der Waals surface area contributed by atoms with Crippen LogP contribution in [0.2, 0.25) is 0 Å². The largest absolute Gasteiger partial charge is 0.355 e. The quantitative estimate of drug-likeness (QED) is 0.785. The van der Waals surface area contributed by atoms with Crippen LogP contribution >= 0.6 is 0 Å². The maximum absolute atomic E-state index is 6.17. The summed E-state index contributed by atoms with van der Waals surface area (Å²) in [6.07, 6.45) is 6.25. The van der Waals surface area contributed by atoms with Gasteiger partial charge in [0, 0.05) is 24.0 Å². The van der Waals surface area contributed by atoms with Crippen LogP contribution in [-0.2, 0) is 5.54 Å². The highest BCUT2D eigenvalue weighted by Crippen LogP contribution is 2.37. The van der Waals surface area contributed by atoms with Gasteiger partial charge in [0.05, 0.1) is 5.54 Å². The van der Waals surface area contributed by atoms with E-state index >= 15 is 0 Å². The molecule has 1 aliphatic carbocycles. The molecule has 0 amide bonds. The Morgan fingerprint density at radius 2 is 2.10 bits per heavy atom. The zero-order valence-electron chi connectivity index (χ0n) is 11.2. The summed E-state index contributed by atoms with van der Waals surface area (Å²) in [6.45, 7) is 0. The Kier molecular flexibility index (Phi) is 2.61. The van der Waals surface area contributed by atoms with E-state index in [9.17, 15) is 0 Å². The molecule has 1 fully saturated rings. The van der Waals surface area contributed by atoms with E-state index in [0.29, 0.717) is 23.2 Å². The van der Waals surface area contributed by atoms with Gasteiger partial charge in [-0.3, -0.25) is 4.98 Å². The molecular formula is C14H13N5O2. The van der Waals surface area contributed by atoms with Crippen LogP contribution in [-0.4, -0.2) is 20.3 Å². The highest BCUT2D eigenvalue weighted by molar-refractivity contribution is 5.61. The molecule has 106 valence electrons. The molecule has 3 aromatic rings. The lowest BCUT2D eigenvalue weighted by Crippen LogP contribution is -2.44. The first kappa shape index (κ1) is 12.2. The Balaban J connectivity index is 1.64. The maximum Gasteiger partial charge on any atom is 0.280 e. The van der Waals surface area contributed by atoms with Crippen LogP contribution in [0.4, 0.5) is 0 Å². The first-order valence-electron chi connectivity index (χ1n) is 6.75. The molecule has 7 nitrogen and oxygen atoms in total. The van der Waals surface area contributed by atoms with Crippen molar-refractivity contribution in [2.45, 2.75) is 24.8 Å². The van der Waals surface area contributed by atoms with Crippen molar-refractivity contribution in [1.29, 1.82) is 0 Å². The average Bonchev–Trinajstić information content (AvgIpc) is 3.14. The third-order valence-corrected chi connectivity index (χ3v) is 3.79. The molecule has 0 unspecified atom stereocenters. The summed E-state index contributed by atoms with van der Waals surface area (Å²) >= 11 is 0. The topological polar surface area (TPSA) is 104 Å². The minimum Gasteiger partial charge on any atom is -0.355 e. The molecule has 2 N–H and O–H groups in total. The fourth-order valence-electron chi connectivity index (χ4n) is 2.33. The van der Waals surface area contributed by atoms with E-state index in [0.717, 1.165) is 24.8 Å². The minimum atomic E-state index is -0.447. The second-order valence-corrected chi connectivity index (χ2v) is 5.25. The van der Waals surface area contributed by atoms with Gasteiger partial charge in [-0.25, -0.2) is 0 Å². The van der Waals surface area contributed by atoms with Crippen molar-refractivity contribution in [1.82, 2.24) is 20.3 Å². The van der Waals surface area contributed by atoms with Crippen molar-refractivity contribution in [2.24, 2.45) is 5.73 Å². The lowest BCUT2D eigenvalue weighted by molar-refractivity contribution is 0.229. The summed E-state index contributed by atoms with van der Waals surface area (Å²) in [5, 5.41) is 7.93. The first-order chi connectivity index (χ1) is 10.2. The summed E-state index contributed by atoms with van der Waals surface area (Å²) in [4.78, 5) is 8.38. The zero-order chi connectivity index (χ0) is 14.3. The van der Waals surface area contributed by atoms with E-state index < -0.39 is 5.54 Å². The molecule has 21 heavy (non-hydrogen) atoms. The van der Waals surface area contributed by atoms with Crippen LogP contribution in [0.5, 0.6) is 0 Å². The standard InChI is InChI=1S/C14H13N5O2/c15-14(4-2-5-14)13-17-12(21-19-13)10-7-11(20-18-10)9-3-1-6-16-8-9/h1,3,6-8H,2,4-5,15H2. The predicted octanol–water partition coefficient (Wildman–Crippen LogP) is 2.12. The fourth-order valence-corrected chi connectivity index (χ4v) is 2.33. The molecular weight excluding hydrogens is 270 g/mol. The Morgan fingerprint density at radius 3 is 2.81 bits per heavy atom. The van der Waals surface area contributed by atoms with Gasteiger partial charge in [0.2, 0.25) is 0 Å². The lowest BCUT2D eigenvalue weighted by atomic mass is 9.77. The van der Waals surface area contributed by atoms with E-state index in [1.54, 1.807) is 18.5 Å². The molecule has 0 atom stereocenters. The molecule has 0 spiro atoms. The van der Waals surface area contributed by atoms with Gasteiger partial charge in [-0.1, -0.05) is 10.3 Å². The van der Waals surface area contributed by atoms with Crippen LogP contribution in [0.3, 0.4) is 0 Å². The van der Waals surface area contributed by atoms with Gasteiger partial charge in [0.15, 0.2) is 17.3 Å². The molecule has 0 bridgehead atoms. The zero-order valence-corrected chi connectivity index (χ0v) is 11.2. The Hall–Kier alpha value is -2.54. The fraction of sp³-hybridized carbons (Fsp3) is 0.286. The van der Waals surface area contributed by atoms with Crippen molar-refractivity contribution in [3.05, 3.63) is 36.4 Å². The van der Waals surface area contributed by atoms with Crippen molar-refractivity contribution < 1.29 is 9.05 Å². The first-order valence-corrected chi connectivity index (χ1v) is 6.75. The summed E-state index contributed by atoms with van der Waals surface area (Å²) < 4.78 is 10.5. The predicted molar refractivity (Wildman–Crippen MR) is 72.7 cm³/mol. The maximum atomic E-state index is 6.17. The van der Waals surface area contributed by atoms with E-state index in [-0.39, 0.29) is 0 Å². The molecule has 0 saturated heterocycles. The van der Waals surface area contributed by atoms with Gasteiger partial charge in [-0.2, -0.15) is 4.98 Å². The normalized spacial score (nSPS) is 16.6. The SMILES string of the molecule is NC1(c2noc(-c3cc(-c4cccnc4)on3)n2)CCC1. The average molecular weight is 283 g/mol. The van der Waals surface area contributed by atoms with Crippen LogP contribution in [0.25, 0.3) is 22.9 Å². The Morgan fingerprint density at radius 1 is 1.19 bits per heavy atom. The van der Waals surface area contributed by atoms with Crippen molar-refractivity contribution >= 4 is 0 Å². The minimum absolute atomic E-state index is 0.320. The summed E-state index contributed by atoms with van der Waals surface area (Å²) in [6, 6.07) is 5.47. The number of aromatic nitrogens is 4. The van der Waals surface area contributed by atoms with Crippen molar-refractivity contribution in [3.8, 4) is 22.9 Å². The van der Waals surface area contributed by atoms with E-state index in [4.69, 9.17) is 14.8 Å². The van der Waals surface area contributed by atoms with Gasteiger partial charge in [-0.15, -0.1) is 0 Å². The van der Waals surface area contributed by atoms with E-state index in [1.807, 2.05) is 12.1 Å². The number of hydrogen-bond acceptors (Lipinski definition) is 7. The van der Waals surface area contributed by atoms with Gasteiger partial charge >= 0.3 is 0 Å². The van der Waals surface area contributed by atoms with Crippen LogP contribution in [0.1, 0.15) is 25.1 Å².